The van der Waals surface area contributed by atoms with E-state index < -0.39 is 0 Å². The van der Waals surface area contributed by atoms with Crippen molar-refractivity contribution in [2.45, 2.75) is 50.7 Å². The molecule has 0 bridgehead atoms. The number of methoxy groups -OCH3 is 1. The standard InChI is InChI=1S/C19H37N5O3.HI/c1-4-9-21-17(25)14-24-10-5-16(6-11-24)23-18(20-2)22-15-19(26-3)7-12-27-13-8-19;/h16H,4-15H2,1-3H3,(H,21,25)(H2,20,22,23);1H. The minimum atomic E-state index is -0.176. The largest absolute Gasteiger partial charge is 0.381 e. The van der Waals surface area contributed by atoms with Crippen LogP contribution in [0.25, 0.3) is 0 Å². The molecule has 1 amide bonds. The second-order valence-electron chi connectivity index (χ2n) is 7.47. The smallest absolute Gasteiger partial charge is 0.234 e. The number of carbonyl (C=O) groups excluding carboxylic acids is 1. The quantitative estimate of drug-likeness (QED) is 0.256. The number of guanidine groups is 1. The molecule has 2 rings (SSSR count). The van der Waals surface area contributed by atoms with Crippen LogP contribution in [0.1, 0.15) is 39.0 Å². The minimum absolute atomic E-state index is 0. The molecule has 0 radical (unpaired) electrons. The number of rotatable bonds is 8. The highest BCUT2D eigenvalue weighted by molar-refractivity contribution is 14.0. The van der Waals surface area contributed by atoms with Gasteiger partial charge in [0.25, 0.3) is 0 Å². The van der Waals surface area contributed by atoms with Gasteiger partial charge in [0.05, 0.1) is 12.1 Å². The van der Waals surface area contributed by atoms with Crippen LogP contribution in [0, 0.1) is 0 Å². The number of ether oxygens (including phenoxy) is 2. The molecule has 0 spiro atoms. The predicted molar refractivity (Wildman–Crippen MR) is 122 cm³/mol. The number of hydrogen-bond donors (Lipinski definition) is 3. The van der Waals surface area contributed by atoms with E-state index in [0.717, 1.165) is 77.5 Å². The van der Waals surface area contributed by atoms with Crippen molar-refractivity contribution in [1.82, 2.24) is 20.9 Å². The molecular weight excluding hydrogens is 473 g/mol. The predicted octanol–water partition coefficient (Wildman–Crippen LogP) is 0.956. The lowest BCUT2D eigenvalue weighted by molar-refractivity contribution is -0.122. The first-order chi connectivity index (χ1) is 13.1. The highest BCUT2D eigenvalue weighted by Crippen LogP contribution is 2.23. The molecule has 9 heteroatoms. The maximum Gasteiger partial charge on any atom is 0.234 e. The van der Waals surface area contributed by atoms with Crippen molar-refractivity contribution in [3.63, 3.8) is 0 Å². The van der Waals surface area contributed by atoms with Crippen molar-refractivity contribution >= 4 is 35.8 Å². The molecule has 0 saturated carbocycles. The highest BCUT2D eigenvalue weighted by atomic mass is 127. The first kappa shape index (κ1) is 25.4. The second-order valence-corrected chi connectivity index (χ2v) is 7.47. The van der Waals surface area contributed by atoms with E-state index in [4.69, 9.17) is 9.47 Å². The molecule has 2 heterocycles. The van der Waals surface area contributed by atoms with Crippen LogP contribution in [-0.4, -0.2) is 88.5 Å². The van der Waals surface area contributed by atoms with E-state index in [-0.39, 0.29) is 35.5 Å². The average Bonchev–Trinajstić information content (AvgIpc) is 2.71. The summed E-state index contributed by atoms with van der Waals surface area (Å²) in [6.07, 6.45) is 4.77. The molecule has 8 nitrogen and oxygen atoms in total. The van der Waals surface area contributed by atoms with E-state index in [1.165, 1.54) is 0 Å². The lowest BCUT2D eigenvalue weighted by atomic mass is 9.94. The molecule has 0 aromatic carbocycles. The zero-order valence-corrected chi connectivity index (χ0v) is 19.9. The first-order valence-electron chi connectivity index (χ1n) is 10.2. The number of piperidine rings is 1. The summed E-state index contributed by atoms with van der Waals surface area (Å²) < 4.78 is 11.2. The monoisotopic (exact) mass is 511 g/mol. The molecule has 0 unspecified atom stereocenters. The maximum absolute atomic E-state index is 11.9. The van der Waals surface area contributed by atoms with Crippen molar-refractivity contribution in [1.29, 1.82) is 0 Å². The Bertz CT molecular complexity index is 478. The fourth-order valence-electron chi connectivity index (χ4n) is 3.59. The molecule has 0 aromatic heterocycles. The Morgan fingerprint density at radius 1 is 1.25 bits per heavy atom. The Morgan fingerprint density at radius 2 is 1.93 bits per heavy atom. The number of nitrogens with zero attached hydrogens (tertiary/aromatic N) is 2. The van der Waals surface area contributed by atoms with Gasteiger partial charge in [-0.05, 0) is 19.3 Å². The van der Waals surface area contributed by atoms with Crippen LogP contribution in [0.2, 0.25) is 0 Å². The van der Waals surface area contributed by atoms with Gasteiger partial charge in [-0.2, -0.15) is 0 Å². The van der Waals surface area contributed by atoms with Gasteiger partial charge in [0.15, 0.2) is 5.96 Å². The lowest BCUT2D eigenvalue weighted by Gasteiger charge is -2.37. The Morgan fingerprint density at radius 3 is 2.50 bits per heavy atom. The lowest BCUT2D eigenvalue weighted by Crippen LogP contribution is -2.54. The summed E-state index contributed by atoms with van der Waals surface area (Å²) in [4.78, 5) is 18.4. The van der Waals surface area contributed by atoms with Crippen LogP contribution >= 0.6 is 24.0 Å². The number of nitrogens with one attached hydrogen (secondary N) is 3. The fourth-order valence-corrected chi connectivity index (χ4v) is 3.59. The molecule has 3 N–H and O–H groups in total. The van der Waals surface area contributed by atoms with Crippen LogP contribution in [0.4, 0.5) is 0 Å². The summed E-state index contributed by atoms with van der Waals surface area (Å²) in [5.74, 6) is 0.944. The summed E-state index contributed by atoms with van der Waals surface area (Å²) in [6, 6.07) is 0.374. The van der Waals surface area contributed by atoms with Crippen molar-refractivity contribution in [3.05, 3.63) is 0 Å². The van der Waals surface area contributed by atoms with Gasteiger partial charge in [0.1, 0.15) is 0 Å². The molecule has 164 valence electrons. The number of halogens is 1. The number of likely N-dealkylation sites (tertiary alicyclic amines) is 1. The van der Waals surface area contributed by atoms with Crippen molar-refractivity contribution in [3.8, 4) is 0 Å². The van der Waals surface area contributed by atoms with Gasteiger partial charge in [-0.3, -0.25) is 14.7 Å². The van der Waals surface area contributed by atoms with Gasteiger partial charge in [-0.1, -0.05) is 6.92 Å². The number of amides is 1. The minimum Gasteiger partial charge on any atom is -0.381 e. The van der Waals surface area contributed by atoms with E-state index in [1.54, 1.807) is 14.2 Å². The van der Waals surface area contributed by atoms with Crippen LogP contribution in [-0.2, 0) is 14.3 Å². The third kappa shape index (κ3) is 8.38. The topological polar surface area (TPSA) is 87.2 Å². The van der Waals surface area contributed by atoms with Crippen molar-refractivity contribution in [2.75, 3.05) is 60.1 Å². The van der Waals surface area contributed by atoms with Gasteiger partial charge in [-0.25, -0.2) is 0 Å². The zero-order chi connectivity index (χ0) is 19.5. The van der Waals surface area contributed by atoms with E-state index in [0.29, 0.717) is 12.6 Å². The van der Waals surface area contributed by atoms with Crippen molar-refractivity contribution < 1.29 is 14.3 Å². The number of hydrogen-bond acceptors (Lipinski definition) is 5. The second kappa shape index (κ2) is 13.6. The summed E-state index contributed by atoms with van der Waals surface area (Å²) >= 11 is 0. The number of aliphatic imine (C=N–C) groups is 1. The molecule has 2 fully saturated rings. The molecule has 2 aliphatic heterocycles. The van der Waals surface area contributed by atoms with E-state index in [9.17, 15) is 4.79 Å². The van der Waals surface area contributed by atoms with E-state index >= 15 is 0 Å². The third-order valence-corrected chi connectivity index (χ3v) is 5.51. The van der Waals surface area contributed by atoms with E-state index in [2.05, 4.69) is 32.8 Å². The average molecular weight is 511 g/mol. The van der Waals surface area contributed by atoms with Gasteiger partial charge in [0, 0.05) is 72.4 Å². The Hall–Kier alpha value is -0.650. The third-order valence-electron chi connectivity index (χ3n) is 5.51. The van der Waals surface area contributed by atoms with Crippen LogP contribution in [0.5, 0.6) is 0 Å². The first-order valence-corrected chi connectivity index (χ1v) is 10.2. The highest BCUT2D eigenvalue weighted by Gasteiger charge is 2.32. The Kier molecular flexibility index (Phi) is 12.3. The van der Waals surface area contributed by atoms with Gasteiger partial charge in [0.2, 0.25) is 5.91 Å². The SMILES string of the molecule is CCCNC(=O)CN1CCC(NC(=NC)NCC2(OC)CCOCC2)CC1.I. The van der Waals surface area contributed by atoms with E-state index in [1.807, 2.05) is 0 Å². The van der Waals surface area contributed by atoms with Gasteiger partial charge >= 0.3 is 0 Å². The summed E-state index contributed by atoms with van der Waals surface area (Å²) in [5.41, 5.74) is -0.176. The normalized spacial score (nSPS) is 20.9. The Labute approximate surface area is 186 Å². The van der Waals surface area contributed by atoms with Gasteiger partial charge in [-0.15, -0.1) is 24.0 Å². The van der Waals surface area contributed by atoms with Crippen LogP contribution in [0.3, 0.4) is 0 Å². The van der Waals surface area contributed by atoms with Crippen LogP contribution in [0.15, 0.2) is 4.99 Å². The summed E-state index contributed by atoms with van der Waals surface area (Å²) in [5, 5.41) is 9.89. The van der Waals surface area contributed by atoms with Crippen molar-refractivity contribution in [2.24, 2.45) is 4.99 Å². The fraction of sp³-hybridized carbons (Fsp3) is 0.895. The van der Waals surface area contributed by atoms with Crippen LogP contribution < -0.4 is 16.0 Å². The summed E-state index contributed by atoms with van der Waals surface area (Å²) in [6.45, 7) is 7.38. The van der Waals surface area contributed by atoms with Gasteiger partial charge < -0.3 is 25.4 Å². The zero-order valence-electron chi connectivity index (χ0n) is 17.6. The Balaban J connectivity index is 0.00000392. The molecular formula is C19H38IN5O3. The molecule has 0 aliphatic carbocycles. The molecule has 0 aromatic rings. The maximum atomic E-state index is 11.9. The molecule has 2 saturated heterocycles. The molecule has 2 aliphatic rings. The number of carbonyl (C=O) groups is 1. The molecule has 0 atom stereocenters. The summed E-state index contributed by atoms with van der Waals surface area (Å²) in [7, 11) is 3.57. The molecule has 28 heavy (non-hydrogen) atoms.